The van der Waals surface area contributed by atoms with E-state index in [1.807, 2.05) is 12.3 Å². The Kier molecular flexibility index (Phi) is 5.79. The molecule has 0 saturated carbocycles. The molecule has 0 aliphatic carbocycles. The molecule has 0 aromatic carbocycles. The summed E-state index contributed by atoms with van der Waals surface area (Å²) in [7, 11) is 0. The Morgan fingerprint density at radius 3 is 2.90 bits per heavy atom. The third kappa shape index (κ3) is 4.00. The van der Waals surface area contributed by atoms with E-state index in [1.54, 1.807) is 22.2 Å². The lowest BCUT2D eigenvalue weighted by Crippen LogP contribution is -2.33. The average molecular weight is 447 g/mol. The molecule has 0 radical (unpaired) electrons. The highest BCUT2D eigenvalue weighted by molar-refractivity contribution is 7.98. The number of aromatic nitrogens is 5. The van der Waals surface area contributed by atoms with Crippen LogP contribution in [0.25, 0.3) is 4.96 Å². The Bertz CT molecular complexity index is 1080. The third-order valence-electron chi connectivity index (χ3n) is 5.72. The number of fused-ring (bicyclic) bond motifs is 1. The highest BCUT2D eigenvalue weighted by atomic mass is 32.2. The van der Waals surface area contributed by atoms with Crippen LogP contribution in [0.4, 0.5) is 5.95 Å². The predicted octanol–water partition coefficient (Wildman–Crippen LogP) is 3.12. The van der Waals surface area contributed by atoms with Crippen LogP contribution in [0.15, 0.2) is 21.4 Å². The van der Waals surface area contributed by atoms with Gasteiger partial charge >= 0.3 is 0 Å². The van der Waals surface area contributed by atoms with E-state index in [2.05, 4.69) is 24.6 Å². The molecule has 160 valence electrons. The van der Waals surface area contributed by atoms with Crippen LogP contribution in [0.5, 0.6) is 0 Å². The van der Waals surface area contributed by atoms with Crippen LogP contribution in [0.3, 0.4) is 0 Å². The number of nitrogens with zero attached hydrogens (tertiary/aromatic N) is 6. The van der Waals surface area contributed by atoms with Crippen molar-refractivity contribution < 1.29 is 4.74 Å². The molecule has 1 unspecified atom stereocenters. The van der Waals surface area contributed by atoms with Gasteiger partial charge in [-0.2, -0.15) is 0 Å². The van der Waals surface area contributed by atoms with Crippen molar-refractivity contribution in [2.24, 2.45) is 0 Å². The maximum absolute atomic E-state index is 12.5. The lowest BCUT2D eigenvalue weighted by Gasteiger charge is -2.28. The first-order chi connectivity index (χ1) is 14.7. The standard InChI is InChI=1S/C20H26N6O2S2/c1-14-12-29-19-21-15(10-17(27)26(14)19)13-30-20-23-22-18(24-7-3-2-4-8-24)25(20)11-16-6-5-9-28-16/h10,12,16H,2-9,11,13H2,1H3. The molecule has 2 aliphatic heterocycles. The van der Waals surface area contributed by atoms with Gasteiger partial charge in [-0.25, -0.2) is 4.98 Å². The van der Waals surface area contributed by atoms with Crippen LogP contribution in [0, 0.1) is 6.92 Å². The molecule has 2 aliphatic rings. The Morgan fingerprint density at radius 2 is 2.10 bits per heavy atom. The first-order valence-electron chi connectivity index (χ1n) is 10.6. The van der Waals surface area contributed by atoms with Crippen LogP contribution in [0.2, 0.25) is 0 Å². The number of thiazole rings is 1. The number of ether oxygens (including phenoxy) is 1. The second-order valence-corrected chi connectivity index (χ2v) is 9.72. The van der Waals surface area contributed by atoms with Gasteiger partial charge in [-0.15, -0.1) is 21.5 Å². The van der Waals surface area contributed by atoms with E-state index in [0.717, 1.165) is 66.5 Å². The number of thioether (sulfide) groups is 1. The van der Waals surface area contributed by atoms with E-state index < -0.39 is 0 Å². The normalized spacial score (nSPS) is 19.8. The summed E-state index contributed by atoms with van der Waals surface area (Å²) in [5.74, 6) is 1.54. The van der Waals surface area contributed by atoms with Crippen molar-refractivity contribution in [1.29, 1.82) is 0 Å². The fourth-order valence-corrected chi connectivity index (χ4v) is 5.91. The van der Waals surface area contributed by atoms with Gasteiger partial charge < -0.3 is 9.64 Å². The maximum Gasteiger partial charge on any atom is 0.258 e. The van der Waals surface area contributed by atoms with Crippen LogP contribution in [0.1, 0.15) is 43.5 Å². The highest BCUT2D eigenvalue weighted by Gasteiger charge is 2.24. The van der Waals surface area contributed by atoms with Crippen molar-refractivity contribution >= 4 is 34.0 Å². The molecule has 0 N–H and O–H groups in total. The van der Waals surface area contributed by atoms with Gasteiger partial charge in [-0.3, -0.25) is 13.8 Å². The maximum atomic E-state index is 12.5. The second-order valence-electron chi connectivity index (χ2n) is 7.95. The van der Waals surface area contributed by atoms with Gasteiger partial charge in [0.05, 0.1) is 18.3 Å². The highest BCUT2D eigenvalue weighted by Crippen LogP contribution is 2.28. The topological polar surface area (TPSA) is 77.6 Å². The van der Waals surface area contributed by atoms with Crippen molar-refractivity contribution in [2.45, 2.75) is 62.6 Å². The third-order valence-corrected chi connectivity index (χ3v) is 7.67. The fraction of sp³-hybridized carbons (Fsp3) is 0.600. The van der Waals surface area contributed by atoms with Gasteiger partial charge in [0, 0.05) is 42.6 Å². The van der Waals surface area contributed by atoms with Crippen molar-refractivity contribution in [2.75, 3.05) is 24.6 Å². The van der Waals surface area contributed by atoms with E-state index in [4.69, 9.17) is 4.74 Å². The summed E-state index contributed by atoms with van der Waals surface area (Å²) in [5.41, 5.74) is 1.68. The molecular weight excluding hydrogens is 420 g/mol. The van der Waals surface area contributed by atoms with Gasteiger partial charge in [-0.05, 0) is 39.0 Å². The molecule has 2 saturated heterocycles. The second kappa shape index (κ2) is 8.68. The minimum Gasteiger partial charge on any atom is -0.376 e. The number of hydrogen-bond donors (Lipinski definition) is 0. The molecule has 0 amide bonds. The summed E-state index contributed by atoms with van der Waals surface area (Å²) in [6, 6.07) is 1.63. The van der Waals surface area contributed by atoms with Crippen molar-refractivity contribution in [3.63, 3.8) is 0 Å². The Balaban J connectivity index is 1.39. The van der Waals surface area contributed by atoms with Crippen LogP contribution < -0.4 is 10.5 Å². The van der Waals surface area contributed by atoms with E-state index in [-0.39, 0.29) is 11.7 Å². The molecular formula is C20H26N6O2S2. The molecule has 3 aromatic heterocycles. The predicted molar refractivity (Wildman–Crippen MR) is 119 cm³/mol. The fourth-order valence-electron chi connectivity index (χ4n) is 4.18. The zero-order valence-electron chi connectivity index (χ0n) is 17.1. The summed E-state index contributed by atoms with van der Waals surface area (Å²) in [6.45, 7) is 5.60. The van der Waals surface area contributed by atoms with E-state index in [9.17, 15) is 4.79 Å². The first kappa shape index (κ1) is 20.0. The smallest absolute Gasteiger partial charge is 0.258 e. The van der Waals surface area contributed by atoms with Gasteiger partial charge in [0.1, 0.15) is 0 Å². The summed E-state index contributed by atoms with van der Waals surface area (Å²) >= 11 is 3.09. The Labute approximate surface area is 183 Å². The Hall–Kier alpha value is -1.91. The molecule has 30 heavy (non-hydrogen) atoms. The first-order valence-corrected chi connectivity index (χ1v) is 12.4. The van der Waals surface area contributed by atoms with Crippen LogP contribution in [-0.4, -0.2) is 49.9 Å². The summed E-state index contributed by atoms with van der Waals surface area (Å²) in [4.78, 5) is 20.2. The van der Waals surface area contributed by atoms with Crippen LogP contribution >= 0.6 is 23.1 Å². The largest absolute Gasteiger partial charge is 0.376 e. The summed E-state index contributed by atoms with van der Waals surface area (Å²) in [6.07, 6.45) is 6.09. The van der Waals surface area contributed by atoms with Gasteiger partial charge in [-0.1, -0.05) is 11.8 Å². The molecule has 1 atom stereocenters. The molecule has 5 rings (SSSR count). The molecule has 0 spiro atoms. The van der Waals surface area contributed by atoms with Gasteiger partial charge in [0.15, 0.2) is 10.1 Å². The average Bonchev–Trinajstić information content (AvgIpc) is 3.49. The molecule has 2 fully saturated rings. The van der Waals surface area contributed by atoms with Crippen LogP contribution in [-0.2, 0) is 17.0 Å². The van der Waals surface area contributed by atoms with Crippen molar-refractivity contribution in [3.05, 3.63) is 33.2 Å². The van der Waals surface area contributed by atoms with Crippen molar-refractivity contribution in [3.8, 4) is 0 Å². The molecule has 5 heterocycles. The lowest BCUT2D eigenvalue weighted by atomic mass is 10.1. The quantitative estimate of drug-likeness (QED) is 0.538. The number of rotatable bonds is 6. The monoisotopic (exact) mass is 446 g/mol. The minimum absolute atomic E-state index is 0.0239. The molecule has 3 aromatic rings. The summed E-state index contributed by atoms with van der Waals surface area (Å²) < 4.78 is 9.77. The summed E-state index contributed by atoms with van der Waals surface area (Å²) in [5, 5.41) is 11.9. The zero-order chi connectivity index (χ0) is 20.5. The van der Waals surface area contributed by atoms with Crippen molar-refractivity contribution in [1.82, 2.24) is 24.1 Å². The minimum atomic E-state index is -0.0239. The van der Waals surface area contributed by atoms with E-state index in [1.165, 1.54) is 30.6 Å². The molecule has 0 bridgehead atoms. The number of piperidine rings is 1. The zero-order valence-corrected chi connectivity index (χ0v) is 18.8. The number of aryl methyl sites for hydroxylation is 1. The van der Waals surface area contributed by atoms with E-state index >= 15 is 0 Å². The number of anilines is 1. The lowest BCUT2D eigenvalue weighted by molar-refractivity contribution is 0.0951. The van der Waals surface area contributed by atoms with Gasteiger partial charge in [0.25, 0.3) is 5.56 Å². The molecule has 10 heteroatoms. The molecule has 8 nitrogen and oxygen atoms in total. The SMILES string of the molecule is Cc1csc2nc(CSc3nnc(N4CCCCC4)n3CC3CCCO3)cc(=O)n12. The van der Waals surface area contributed by atoms with Gasteiger partial charge in [0.2, 0.25) is 5.95 Å². The Morgan fingerprint density at radius 1 is 1.23 bits per heavy atom. The van der Waals surface area contributed by atoms with E-state index in [0.29, 0.717) is 5.75 Å². The number of hydrogen-bond acceptors (Lipinski definition) is 8.